The summed E-state index contributed by atoms with van der Waals surface area (Å²) < 4.78 is 27.4. The minimum absolute atomic E-state index is 0.0445. The van der Waals surface area contributed by atoms with Crippen LogP contribution < -0.4 is 10.0 Å². The van der Waals surface area contributed by atoms with E-state index >= 15 is 0 Å². The van der Waals surface area contributed by atoms with E-state index in [2.05, 4.69) is 10.0 Å². The third-order valence-corrected chi connectivity index (χ3v) is 5.19. The van der Waals surface area contributed by atoms with Crippen LogP contribution in [0.2, 0.25) is 0 Å². The van der Waals surface area contributed by atoms with Crippen molar-refractivity contribution in [3.63, 3.8) is 0 Å². The van der Waals surface area contributed by atoms with Crippen molar-refractivity contribution in [1.82, 2.24) is 4.72 Å². The molecule has 21 heavy (non-hydrogen) atoms. The molecule has 0 radical (unpaired) electrons. The van der Waals surface area contributed by atoms with Gasteiger partial charge in [-0.3, -0.25) is 10.1 Å². The smallest absolute Gasteiger partial charge is 0.292 e. The van der Waals surface area contributed by atoms with E-state index in [0.717, 1.165) is 32.1 Å². The number of rotatable bonds is 5. The molecule has 1 saturated carbocycles. The Bertz CT molecular complexity index is 624. The van der Waals surface area contributed by atoms with Crippen molar-refractivity contribution in [3.8, 4) is 0 Å². The second-order valence-electron chi connectivity index (χ2n) is 5.14. The second kappa shape index (κ2) is 6.40. The van der Waals surface area contributed by atoms with Crippen LogP contribution in [0.1, 0.15) is 32.1 Å². The maximum atomic E-state index is 12.3. The number of hydrogen-bond acceptors (Lipinski definition) is 5. The van der Waals surface area contributed by atoms with Gasteiger partial charge in [0.05, 0.1) is 9.82 Å². The predicted octanol–water partition coefficient (Wildman–Crippen LogP) is 2.25. The molecule has 1 aromatic carbocycles. The molecule has 0 bridgehead atoms. The Morgan fingerprint density at radius 3 is 2.48 bits per heavy atom. The first-order valence-corrected chi connectivity index (χ1v) is 8.41. The van der Waals surface area contributed by atoms with Gasteiger partial charge in [-0.25, -0.2) is 13.1 Å². The highest BCUT2D eigenvalue weighted by atomic mass is 32.2. The van der Waals surface area contributed by atoms with Gasteiger partial charge in [0.15, 0.2) is 0 Å². The first-order valence-electron chi connectivity index (χ1n) is 6.92. The third kappa shape index (κ3) is 3.70. The van der Waals surface area contributed by atoms with Gasteiger partial charge >= 0.3 is 0 Å². The molecule has 0 spiro atoms. The molecule has 1 aliphatic carbocycles. The van der Waals surface area contributed by atoms with Gasteiger partial charge in [0.25, 0.3) is 5.69 Å². The minimum atomic E-state index is -3.65. The van der Waals surface area contributed by atoms with Crippen LogP contribution in [-0.2, 0) is 10.0 Å². The normalized spacial score (nSPS) is 16.6. The molecule has 0 atom stereocenters. The zero-order valence-corrected chi connectivity index (χ0v) is 12.6. The topological polar surface area (TPSA) is 101 Å². The summed E-state index contributed by atoms with van der Waals surface area (Å²) in [5.41, 5.74) is 0.0423. The Hall–Kier alpha value is -1.67. The molecular weight excluding hydrogens is 294 g/mol. The lowest BCUT2D eigenvalue weighted by molar-refractivity contribution is -0.384. The maximum absolute atomic E-state index is 12.3. The Kier molecular flexibility index (Phi) is 4.79. The van der Waals surface area contributed by atoms with Gasteiger partial charge in [-0.1, -0.05) is 19.3 Å². The Morgan fingerprint density at radius 2 is 1.90 bits per heavy atom. The van der Waals surface area contributed by atoms with Crippen molar-refractivity contribution in [3.05, 3.63) is 28.3 Å². The fourth-order valence-corrected chi connectivity index (χ4v) is 3.88. The van der Waals surface area contributed by atoms with Gasteiger partial charge < -0.3 is 5.32 Å². The first kappa shape index (κ1) is 15.7. The summed E-state index contributed by atoms with van der Waals surface area (Å²) in [5, 5.41) is 13.5. The molecule has 2 rings (SSSR count). The molecule has 0 unspecified atom stereocenters. The quantitative estimate of drug-likeness (QED) is 0.641. The summed E-state index contributed by atoms with van der Waals surface area (Å²) in [6, 6.07) is 3.73. The lowest BCUT2D eigenvalue weighted by Crippen LogP contribution is -2.36. The van der Waals surface area contributed by atoms with Gasteiger partial charge in [0.1, 0.15) is 5.69 Å². The molecule has 7 nitrogen and oxygen atoms in total. The number of nitro benzene ring substituents is 1. The lowest BCUT2D eigenvalue weighted by Gasteiger charge is -2.22. The van der Waals surface area contributed by atoms with Crippen molar-refractivity contribution >= 4 is 21.4 Å². The molecule has 2 N–H and O–H groups in total. The molecule has 1 aliphatic rings. The molecule has 0 saturated heterocycles. The highest BCUT2D eigenvalue weighted by Gasteiger charge is 2.24. The Labute approximate surface area is 123 Å². The number of hydrogen-bond donors (Lipinski definition) is 2. The van der Waals surface area contributed by atoms with Crippen LogP contribution in [0, 0.1) is 10.1 Å². The second-order valence-corrected chi connectivity index (χ2v) is 6.86. The van der Waals surface area contributed by atoms with E-state index in [1.807, 2.05) is 0 Å². The summed E-state index contributed by atoms with van der Waals surface area (Å²) in [6.45, 7) is 0. The summed E-state index contributed by atoms with van der Waals surface area (Å²) in [4.78, 5) is 10.4. The number of nitro groups is 1. The van der Waals surface area contributed by atoms with Gasteiger partial charge in [0.2, 0.25) is 10.0 Å². The highest BCUT2D eigenvalue weighted by molar-refractivity contribution is 7.89. The molecular formula is C13H19N3O4S. The summed E-state index contributed by atoms with van der Waals surface area (Å²) in [6.07, 6.45) is 4.86. The van der Waals surface area contributed by atoms with Crippen molar-refractivity contribution in [2.75, 3.05) is 12.4 Å². The van der Waals surface area contributed by atoms with E-state index in [0.29, 0.717) is 0 Å². The van der Waals surface area contributed by atoms with E-state index in [-0.39, 0.29) is 22.3 Å². The fourth-order valence-electron chi connectivity index (χ4n) is 2.55. The van der Waals surface area contributed by atoms with Gasteiger partial charge in [-0.05, 0) is 25.0 Å². The number of nitrogens with one attached hydrogen (secondary N) is 2. The van der Waals surface area contributed by atoms with Crippen molar-refractivity contribution < 1.29 is 13.3 Å². The zero-order chi connectivity index (χ0) is 15.5. The number of nitrogens with zero attached hydrogens (tertiary/aromatic N) is 1. The molecule has 0 aromatic heterocycles. The molecule has 116 valence electrons. The molecule has 0 aliphatic heterocycles. The van der Waals surface area contributed by atoms with Crippen LogP contribution in [-0.4, -0.2) is 26.4 Å². The van der Waals surface area contributed by atoms with Crippen LogP contribution in [0.25, 0.3) is 0 Å². The zero-order valence-electron chi connectivity index (χ0n) is 11.8. The molecule has 1 aromatic rings. The Morgan fingerprint density at radius 1 is 1.24 bits per heavy atom. The average molecular weight is 313 g/mol. The van der Waals surface area contributed by atoms with E-state index in [9.17, 15) is 18.5 Å². The van der Waals surface area contributed by atoms with E-state index in [1.165, 1.54) is 25.2 Å². The molecule has 1 fully saturated rings. The van der Waals surface area contributed by atoms with Crippen molar-refractivity contribution in [2.45, 2.75) is 43.0 Å². The molecule has 8 heteroatoms. The monoisotopic (exact) mass is 313 g/mol. The van der Waals surface area contributed by atoms with Gasteiger partial charge in [0, 0.05) is 19.2 Å². The number of anilines is 1. The van der Waals surface area contributed by atoms with Crippen molar-refractivity contribution in [1.29, 1.82) is 0 Å². The van der Waals surface area contributed by atoms with Crippen LogP contribution in [0.15, 0.2) is 23.1 Å². The fraction of sp³-hybridized carbons (Fsp3) is 0.538. The largest absolute Gasteiger partial charge is 0.383 e. The van der Waals surface area contributed by atoms with Crippen LogP contribution in [0.5, 0.6) is 0 Å². The number of sulfonamides is 1. The van der Waals surface area contributed by atoms with E-state index in [4.69, 9.17) is 0 Å². The van der Waals surface area contributed by atoms with E-state index < -0.39 is 14.9 Å². The van der Waals surface area contributed by atoms with Gasteiger partial charge in [-0.15, -0.1) is 0 Å². The number of benzene rings is 1. The summed E-state index contributed by atoms with van der Waals surface area (Å²) in [5.74, 6) is 0. The lowest BCUT2D eigenvalue weighted by atomic mass is 9.96. The predicted molar refractivity (Wildman–Crippen MR) is 79.8 cm³/mol. The molecule has 0 amide bonds. The van der Waals surface area contributed by atoms with Crippen LogP contribution in [0.4, 0.5) is 11.4 Å². The first-order chi connectivity index (χ1) is 9.94. The molecule has 0 heterocycles. The van der Waals surface area contributed by atoms with E-state index in [1.54, 1.807) is 0 Å². The minimum Gasteiger partial charge on any atom is -0.383 e. The Balaban J connectivity index is 2.25. The SMILES string of the molecule is CNc1cc(S(=O)(=O)NC2CCCCC2)ccc1[N+](=O)[O-]. The van der Waals surface area contributed by atoms with Gasteiger partial charge in [-0.2, -0.15) is 0 Å². The van der Waals surface area contributed by atoms with Crippen LogP contribution in [0.3, 0.4) is 0 Å². The van der Waals surface area contributed by atoms with Crippen LogP contribution >= 0.6 is 0 Å². The third-order valence-electron chi connectivity index (χ3n) is 3.67. The summed E-state index contributed by atoms with van der Waals surface area (Å²) in [7, 11) is -2.13. The average Bonchev–Trinajstić information content (AvgIpc) is 2.47. The van der Waals surface area contributed by atoms with Crippen molar-refractivity contribution in [2.24, 2.45) is 0 Å². The summed E-state index contributed by atoms with van der Waals surface area (Å²) >= 11 is 0. The standard InChI is InChI=1S/C13H19N3O4S/c1-14-12-9-11(7-8-13(12)16(17)18)21(19,20)15-10-5-3-2-4-6-10/h7-10,14-15H,2-6H2,1H3. The maximum Gasteiger partial charge on any atom is 0.292 e. The highest BCUT2D eigenvalue weighted by Crippen LogP contribution is 2.27.